The van der Waals surface area contributed by atoms with Crippen molar-refractivity contribution in [3.63, 3.8) is 0 Å². The lowest BCUT2D eigenvalue weighted by Crippen LogP contribution is -2.56. The van der Waals surface area contributed by atoms with E-state index in [9.17, 15) is 13.6 Å². The van der Waals surface area contributed by atoms with Gasteiger partial charge in [-0.25, -0.2) is 13.8 Å². The van der Waals surface area contributed by atoms with Crippen molar-refractivity contribution in [2.45, 2.75) is 44.7 Å². The third-order valence-corrected chi connectivity index (χ3v) is 6.66. The number of aromatic amines is 1. The first-order chi connectivity index (χ1) is 16.5. The lowest BCUT2D eigenvalue weighted by atomic mass is 9.97. The summed E-state index contributed by atoms with van der Waals surface area (Å²) >= 11 is 0. The van der Waals surface area contributed by atoms with Gasteiger partial charge in [-0.2, -0.15) is 10.2 Å². The fraction of sp³-hybridized carbons (Fsp3) is 0.478. The fourth-order valence-electron chi connectivity index (χ4n) is 4.70. The van der Waals surface area contributed by atoms with Crippen LogP contribution in [0.1, 0.15) is 44.3 Å². The number of hydrogen-bond acceptors (Lipinski definition) is 6. The van der Waals surface area contributed by atoms with E-state index >= 15 is 0 Å². The maximum atomic E-state index is 13.7. The minimum atomic E-state index is -2.70. The average Bonchev–Trinajstić information content (AvgIpc) is 3.49. The van der Waals surface area contributed by atoms with Crippen molar-refractivity contribution in [2.24, 2.45) is 0 Å². The topological polar surface area (TPSA) is 95.0 Å². The van der Waals surface area contributed by atoms with Crippen LogP contribution >= 0.6 is 0 Å². The summed E-state index contributed by atoms with van der Waals surface area (Å²) in [4.78, 5) is 20.7. The summed E-state index contributed by atoms with van der Waals surface area (Å²) in [5.41, 5.74) is 1.38. The van der Waals surface area contributed by atoms with E-state index in [1.807, 2.05) is 17.9 Å². The summed E-state index contributed by atoms with van der Waals surface area (Å²) in [5.74, 6) is 0.665. The van der Waals surface area contributed by atoms with Crippen LogP contribution in [0, 0.1) is 0 Å². The number of alkyl halides is 2. The van der Waals surface area contributed by atoms with E-state index in [0.29, 0.717) is 24.0 Å². The number of anilines is 2. The van der Waals surface area contributed by atoms with Gasteiger partial charge in [0.1, 0.15) is 5.82 Å². The van der Waals surface area contributed by atoms with Crippen LogP contribution in [0.5, 0.6) is 0 Å². The first kappa shape index (κ1) is 22.5. The predicted molar refractivity (Wildman–Crippen MR) is 123 cm³/mol. The summed E-state index contributed by atoms with van der Waals surface area (Å²) < 4.78 is 29.1. The largest absolute Gasteiger partial charge is 0.343 e. The number of hydrogen-bond donors (Lipinski definition) is 2. The van der Waals surface area contributed by atoms with E-state index in [1.54, 1.807) is 35.3 Å². The van der Waals surface area contributed by atoms with Crippen molar-refractivity contribution in [3.05, 3.63) is 42.4 Å². The predicted octanol–water partition coefficient (Wildman–Crippen LogP) is 3.61. The molecule has 1 amide bonds. The van der Waals surface area contributed by atoms with E-state index in [1.165, 1.54) is 0 Å². The molecule has 0 unspecified atom stereocenters. The highest BCUT2D eigenvalue weighted by molar-refractivity contribution is 5.75. The van der Waals surface area contributed by atoms with Crippen LogP contribution < -0.4 is 5.32 Å². The Hall–Kier alpha value is -3.34. The van der Waals surface area contributed by atoms with Crippen LogP contribution in [-0.4, -0.2) is 72.9 Å². The zero-order valence-corrected chi connectivity index (χ0v) is 19.0. The van der Waals surface area contributed by atoms with Crippen LogP contribution in [0.4, 0.5) is 20.3 Å². The lowest BCUT2D eigenvalue weighted by Gasteiger charge is -2.47. The van der Waals surface area contributed by atoms with E-state index in [4.69, 9.17) is 0 Å². The van der Waals surface area contributed by atoms with Crippen molar-refractivity contribution in [2.75, 3.05) is 31.5 Å². The number of rotatable bonds is 7. The molecule has 0 spiro atoms. The van der Waals surface area contributed by atoms with Crippen LogP contribution in [0.15, 0.2) is 36.7 Å². The van der Waals surface area contributed by atoms with Gasteiger partial charge < -0.3 is 10.2 Å². The summed E-state index contributed by atoms with van der Waals surface area (Å²) in [6, 6.07) is 7.63. The van der Waals surface area contributed by atoms with E-state index in [0.717, 1.165) is 44.7 Å². The zero-order valence-electron chi connectivity index (χ0n) is 19.0. The molecule has 9 nitrogen and oxygen atoms in total. The minimum Gasteiger partial charge on any atom is -0.343 e. The third-order valence-electron chi connectivity index (χ3n) is 6.66. The van der Waals surface area contributed by atoms with Gasteiger partial charge in [0.05, 0.1) is 23.1 Å². The van der Waals surface area contributed by atoms with Crippen molar-refractivity contribution in [1.82, 2.24) is 34.8 Å². The average molecular weight is 471 g/mol. The maximum Gasteiger partial charge on any atom is 0.284 e. The second-order valence-corrected chi connectivity index (χ2v) is 8.79. The van der Waals surface area contributed by atoms with Gasteiger partial charge in [0.15, 0.2) is 5.69 Å². The molecule has 5 rings (SSSR count). The first-order valence-corrected chi connectivity index (χ1v) is 11.6. The maximum absolute atomic E-state index is 13.7. The molecule has 0 atom stereocenters. The van der Waals surface area contributed by atoms with Crippen molar-refractivity contribution >= 4 is 17.4 Å². The molecule has 2 aliphatic heterocycles. The molecular weight excluding hydrogens is 442 g/mol. The number of nitrogens with one attached hydrogen (secondary N) is 2. The number of nitrogens with zero attached hydrogens (tertiary/aromatic N) is 6. The molecule has 0 radical (unpaired) electrons. The molecule has 0 aliphatic carbocycles. The van der Waals surface area contributed by atoms with Crippen molar-refractivity contribution in [1.29, 1.82) is 0 Å². The molecule has 2 aliphatic rings. The fourth-order valence-corrected chi connectivity index (χ4v) is 4.70. The minimum absolute atomic E-state index is 0.0487. The van der Waals surface area contributed by atoms with Gasteiger partial charge in [-0.1, -0.05) is 13.0 Å². The Morgan fingerprint density at radius 1 is 1.21 bits per heavy atom. The summed E-state index contributed by atoms with van der Waals surface area (Å²) in [5, 5.41) is 14.0. The number of piperidine rings is 1. The number of likely N-dealkylation sites (tertiary alicyclic amines) is 2. The Bertz CT molecular complexity index is 1120. The molecule has 34 heavy (non-hydrogen) atoms. The van der Waals surface area contributed by atoms with Gasteiger partial charge in [-0.3, -0.25) is 19.5 Å². The van der Waals surface area contributed by atoms with Gasteiger partial charge in [0, 0.05) is 51.0 Å². The molecule has 11 heteroatoms. The number of halogens is 2. The van der Waals surface area contributed by atoms with Crippen LogP contribution in [0.25, 0.3) is 11.4 Å². The Balaban J connectivity index is 1.23. The van der Waals surface area contributed by atoms with Crippen molar-refractivity contribution in [3.8, 4) is 11.4 Å². The van der Waals surface area contributed by atoms with Gasteiger partial charge in [-0.05, 0) is 31.0 Å². The van der Waals surface area contributed by atoms with E-state index in [2.05, 4.69) is 30.5 Å². The van der Waals surface area contributed by atoms with E-state index in [-0.39, 0.29) is 23.3 Å². The summed E-state index contributed by atoms with van der Waals surface area (Å²) in [6.07, 6.45) is 3.02. The normalized spacial score (nSPS) is 17.8. The van der Waals surface area contributed by atoms with Crippen molar-refractivity contribution < 1.29 is 13.6 Å². The highest BCUT2D eigenvalue weighted by Crippen LogP contribution is 2.33. The smallest absolute Gasteiger partial charge is 0.284 e. The molecule has 5 heterocycles. The molecule has 2 fully saturated rings. The highest BCUT2D eigenvalue weighted by Gasteiger charge is 2.36. The number of carbonyl (C=O) groups is 1. The molecule has 180 valence electrons. The quantitative estimate of drug-likeness (QED) is 0.548. The zero-order chi connectivity index (χ0) is 23.7. The summed E-state index contributed by atoms with van der Waals surface area (Å²) in [6.45, 7) is 5.00. The number of aromatic nitrogens is 5. The monoisotopic (exact) mass is 470 g/mol. The molecule has 0 bridgehead atoms. The molecule has 0 saturated carbocycles. The third kappa shape index (κ3) is 4.52. The Labute approximate surface area is 196 Å². The SMILES string of the molecule is CCC(=O)N1CCC(N2CC(n3cc(Nc4cccc(-c5ccn[nH]5)n4)c(C(F)F)n3)C2)CC1. The molecule has 3 aromatic rings. The van der Waals surface area contributed by atoms with Crippen LogP contribution in [-0.2, 0) is 4.79 Å². The molecule has 0 aromatic carbocycles. The number of amides is 1. The van der Waals surface area contributed by atoms with Crippen LogP contribution in [0.2, 0.25) is 0 Å². The lowest BCUT2D eigenvalue weighted by molar-refractivity contribution is -0.132. The molecule has 2 N–H and O–H groups in total. The summed E-state index contributed by atoms with van der Waals surface area (Å²) in [7, 11) is 0. The second-order valence-electron chi connectivity index (χ2n) is 8.79. The standard InChI is InChI=1S/C23H28F2N8O/c1-2-21(34)31-10-7-15(8-11-31)32-12-16(13-32)33-14-19(22(30-33)23(24)25)28-20-5-3-4-17(27-20)18-6-9-26-29-18/h3-6,9,14-16,23H,2,7-8,10-13H2,1H3,(H,26,29)(H,27,28). The number of H-pyrrole nitrogens is 1. The molecule has 3 aromatic heterocycles. The Morgan fingerprint density at radius 3 is 2.68 bits per heavy atom. The number of carbonyl (C=O) groups excluding carboxylic acids is 1. The highest BCUT2D eigenvalue weighted by atomic mass is 19.3. The Kier molecular flexibility index (Phi) is 6.27. The van der Waals surface area contributed by atoms with E-state index < -0.39 is 6.43 Å². The van der Waals surface area contributed by atoms with Gasteiger partial charge in [-0.15, -0.1) is 0 Å². The molecular formula is C23H28F2N8O. The number of pyridine rings is 1. The van der Waals surface area contributed by atoms with Gasteiger partial charge >= 0.3 is 0 Å². The van der Waals surface area contributed by atoms with Gasteiger partial charge in [0.25, 0.3) is 6.43 Å². The van der Waals surface area contributed by atoms with Gasteiger partial charge in [0.2, 0.25) is 5.91 Å². The first-order valence-electron chi connectivity index (χ1n) is 11.6. The second kappa shape index (κ2) is 9.49. The van der Waals surface area contributed by atoms with Crippen LogP contribution in [0.3, 0.4) is 0 Å². The Morgan fingerprint density at radius 2 is 2.00 bits per heavy atom. The molecule has 2 saturated heterocycles.